The van der Waals surface area contributed by atoms with E-state index in [1.165, 1.54) is 0 Å². The maximum absolute atomic E-state index is 6.18. The Morgan fingerprint density at radius 1 is 1.29 bits per heavy atom. The predicted molar refractivity (Wildman–Crippen MR) is 141 cm³/mol. The van der Waals surface area contributed by atoms with Crippen molar-refractivity contribution in [2.45, 2.75) is 38.5 Å². The largest absolute Gasteiger partial charge is 0.401 e. The van der Waals surface area contributed by atoms with Gasteiger partial charge in [0.25, 0.3) is 0 Å². The Labute approximate surface area is 205 Å². The monoisotopic (exact) mass is 481 g/mol. The zero-order chi connectivity index (χ0) is 23.8. The number of anilines is 1. The number of pyridine rings is 2. The summed E-state index contributed by atoms with van der Waals surface area (Å²) in [7, 11) is 1.80. The number of ether oxygens (including phenoxy) is 1. The van der Waals surface area contributed by atoms with E-state index in [2.05, 4.69) is 34.6 Å². The predicted octanol–water partition coefficient (Wildman–Crippen LogP) is 3.41. The highest BCUT2D eigenvalue weighted by Crippen LogP contribution is 2.33. The smallest absolute Gasteiger partial charge is 0.145 e. The number of aromatic nitrogens is 3. The molecule has 3 aromatic rings. The third-order valence-electron chi connectivity index (χ3n) is 6.88. The van der Waals surface area contributed by atoms with Crippen LogP contribution in [0.25, 0.3) is 27.8 Å². The Kier molecular flexibility index (Phi) is 6.59. The summed E-state index contributed by atoms with van der Waals surface area (Å²) in [6.45, 7) is 8.76. The lowest BCUT2D eigenvalue weighted by molar-refractivity contribution is 0.0619. The third kappa shape index (κ3) is 4.44. The van der Waals surface area contributed by atoms with Gasteiger partial charge in [0, 0.05) is 73.7 Å². The lowest BCUT2D eigenvalue weighted by Gasteiger charge is -2.31. The number of nitrogens with two attached hydrogens (primary N) is 2. The Balaban J connectivity index is 1.66. The number of allylic oxidation sites excluding steroid dienone is 1. The summed E-state index contributed by atoms with van der Waals surface area (Å²) < 4.78 is 7.98. The van der Waals surface area contributed by atoms with Crippen LogP contribution >= 0.6 is 11.8 Å². The van der Waals surface area contributed by atoms with Gasteiger partial charge in [-0.2, -0.15) is 11.8 Å². The molecule has 0 amide bonds. The number of hydrazine groups is 1. The molecule has 0 radical (unpaired) electrons. The van der Waals surface area contributed by atoms with Crippen LogP contribution < -0.4 is 16.5 Å². The SMILES string of the molecule is C/C(N)=C(\c1cnc2c3ccc(N4CCSC(C)C4)nc3n(CC3CCOCC3)c2c1)N(C)N. The van der Waals surface area contributed by atoms with Crippen LogP contribution in [0, 0.1) is 5.92 Å². The second kappa shape index (κ2) is 9.64. The lowest BCUT2D eigenvalue weighted by Crippen LogP contribution is -2.37. The summed E-state index contributed by atoms with van der Waals surface area (Å²) in [5.41, 5.74) is 11.6. The van der Waals surface area contributed by atoms with Crippen LogP contribution in [-0.2, 0) is 11.3 Å². The van der Waals surface area contributed by atoms with Crippen molar-refractivity contribution >= 4 is 45.3 Å². The fraction of sp³-hybridized carbons (Fsp3) is 0.520. The van der Waals surface area contributed by atoms with Crippen LogP contribution in [0.15, 0.2) is 30.1 Å². The van der Waals surface area contributed by atoms with Gasteiger partial charge in [0.05, 0.1) is 16.7 Å². The summed E-state index contributed by atoms with van der Waals surface area (Å²) in [6, 6.07) is 6.51. The number of thioether (sulfide) groups is 1. The molecule has 34 heavy (non-hydrogen) atoms. The molecule has 0 spiro atoms. The first-order valence-corrected chi connectivity index (χ1v) is 13.2. The van der Waals surface area contributed by atoms with Gasteiger partial charge in [0.1, 0.15) is 11.5 Å². The molecule has 2 fully saturated rings. The Morgan fingerprint density at radius 3 is 2.79 bits per heavy atom. The van der Waals surface area contributed by atoms with Crippen molar-refractivity contribution in [3.05, 3.63) is 35.7 Å². The topological polar surface area (TPSA) is 98.5 Å². The van der Waals surface area contributed by atoms with Crippen LogP contribution in [-0.4, -0.2) is 63.9 Å². The molecule has 8 nitrogen and oxygen atoms in total. The van der Waals surface area contributed by atoms with E-state index >= 15 is 0 Å². The first-order chi connectivity index (χ1) is 16.4. The maximum atomic E-state index is 6.18. The summed E-state index contributed by atoms with van der Waals surface area (Å²) in [5, 5.41) is 3.27. The Morgan fingerprint density at radius 2 is 2.09 bits per heavy atom. The van der Waals surface area contributed by atoms with Crippen molar-refractivity contribution in [1.82, 2.24) is 19.5 Å². The molecule has 5 rings (SSSR count). The standard InChI is InChI=1S/C25H35N7OS/c1-16-14-31(8-11-34-16)22-5-4-20-23-21(12-19(13-28-23)24(17(2)26)30(3)27)32(25(20)29-22)15-18-6-9-33-10-7-18/h4-5,12-13,16,18H,6-11,14-15,26-27H2,1-3H3/b24-17-. The van der Waals surface area contributed by atoms with Gasteiger partial charge in [-0.3, -0.25) is 4.98 Å². The minimum atomic E-state index is 0.552. The average Bonchev–Trinajstić information content (AvgIpc) is 3.11. The first kappa shape index (κ1) is 23.3. The molecule has 3 aromatic heterocycles. The van der Waals surface area contributed by atoms with E-state index in [9.17, 15) is 0 Å². The average molecular weight is 482 g/mol. The normalized spacial score (nSPS) is 20.7. The zero-order valence-electron chi connectivity index (χ0n) is 20.3. The van der Waals surface area contributed by atoms with Crippen molar-refractivity contribution in [3.8, 4) is 0 Å². The maximum Gasteiger partial charge on any atom is 0.145 e. The minimum absolute atomic E-state index is 0.552. The Bertz CT molecular complexity index is 1210. The molecule has 2 aliphatic heterocycles. The van der Waals surface area contributed by atoms with Gasteiger partial charge in [-0.05, 0) is 43.9 Å². The molecule has 2 saturated heterocycles. The highest BCUT2D eigenvalue weighted by Gasteiger charge is 2.23. The second-order valence-corrected chi connectivity index (χ2v) is 11.1. The van der Waals surface area contributed by atoms with Crippen LogP contribution in [0.3, 0.4) is 0 Å². The van der Waals surface area contributed by atoms with Gasteiger partial charge in [0.15, 0.2) is 0 Å². The van der Waals surface area contributed by atoms with E-state index in [1.807, 2.05) is 24.9 Å². The molecule has 9 heteroatoms. The molecule has 1 unspecified atom stereocenters. The number of hydrogen-bond acceptors (Lipinski definition) is 8. The Hall–Kier alpha value is -2.49. The summed E-state index contributed by atoms with van der Waals surface area (Å²) >= 11 is 2.03. The summed E-state index contributed by atoms with van der Waals surface area (Å²) in [4.78, 5) is 12.5. The molecule has 0 saturated carbocycles. The van der Waals surface area contributed by atoms with Gasteiger partial charge in [-0.1, -0.05) is 6.92 Å². The van der Waals surface area contributed by atoms with Crippen molar-refractivity contribution < 1.29 is 4.74 Å². The molecule has 4 N–H and O–H groups in total. The fourth-order valence-corrected chi connectivity index (χ4v) is 6.24. The molecule has 0 aromatic carbocycles. The first-order valence-electron chi connectivity index (χ1n) is 12.1. The van der Waals surface area contributed by atoms with Gasteiger partial charge >= 0.3 is 0 Å². The van der Waals surface area contributed by atoms with E-state index < -0.39 is 0 Å². The molecule has 182 valence electrons. The lowest BCUT2D eigenvalue weighted by atomic mass is 10.0. The van der Waals surface area contributed by atoms with Gasteiger partial charge in [-0.15, -0.1) is 0 Å². The molecular weight excluding hydrogens is 446 g/mol. The number of fused-ring (bicyclic) bond motifs is 3. The quantitative estimate of drug-likeness (QED) is 0.423. The van der Waals surface area contributed by atoms with Gasteiger partial charge in [-0.25, -0.2) is 10.8 Å². The summed E-state index contributed by atoms with van der Waals surface area (Å²) in [6.07, 6.45) is 3.99. The molecule has 0 bridgehead atoms. The van der Waals surface area contributed by atoms with Crippen molar-refractivity contribution in [1.29, 1.82) is 0 Å². The minimum Gasteiger partial charge on any atom is -0.401 e. The molecule has 5 heterocycles. The van der Waals surface area contributed by atoms with Crippen LogP contribution in [0.5, 0.6) is 0 Å². The highest BCUT2D eigenvalue weighted by molar-refractivity contribution is 8.00. The van der Waals surface area contributed by atoms with E-state index in [-0.39, 0.29) is 0 Å². The second-order valence-electron chi connectivity index (χ2n) is 9.57. The van der Waals surface area contributed by atoms with E-state index in [0.29, 0.717) is 16.9 Å². The van der Waals surface area contributed by atoms with Crippen LogP contribution in [0.2, 0.25) is 0 Å². The van der Waals surface area contributed by atoms with Crippen LogP contribution in [0.1, 0.15) is 32.3 Å². The molecule has 2 aliphatic rings. The van der Waals surface area contributed by atoms with E-state index in [0.717, 1.165) is 90.6 Å². The van der Waals surface area contributed by atoms with Crippen molar-refractivity contribution in [2.75, 3.05) is 44.0 Å². The fourth-order valence-electron chi connectivity index (χ4n) is 5.22. The van der Waals surface area contributed by atoms with E-state index in [1.54, 1.807) is 12.1 Å². The third-order valence-corrected chi connectivity index (χ3v) is 8.01. The van der Waals surface area contributed by atoms with Crippen molar-refractivity contribution in [3.63, 3.8) is 0 Å². The number of nitrogens with zero attached hydrogens (tertiary/aromatic N) is 5. The number of rotatable bonds is 5. The summed E-state index contributed by atoms with van der Waals surface area (Å²) in [5.74, 6) is 8.86. The number of hydrogen-bond donors (Lipinski definition) is 2. The van der Waals surface area contributed by atoms with Crippen molar-refractivity contribution in [2.24, 2.45) is 17.5 Å². The van der Waals surface area contributed by atoms with E-state index in [4.69, 9.17) is 26.3 Å². The zero-order valence-corrected chi connectivity index (χ0v) is 21.1. The van der Waals surface area contributed by atoms with Gasteiger partial charge < -0.3 is 24.9 Å². The highest BCUT2D eigenvalue weighted by atomic mass is 32.2. The molecule has 1 atom stereocenters. The van der Waals surface area contributed by atoms with Crippen LogP contribution in [0.4, 0.5) is 5.82 Å². The van der Waals surface area contributed by atoms with Gasteiger partial charge in [0.2, 0.25) is 0 Å². The molecular formula is C25H35N7OS. The molecule has 0 aliphatic carbocycles.